The third-order valence-electron chi connectivity index (χ3n) is 3.94. The predicted molar refractivity (Wildman–Crippen MR) is 98.5 cm³/mol. The SMILES string of the molecule is CCc1ccc(NC(=O)CS(=O)(=O)C(C)C(=O)c2ccccc2)cc1. The lowest BCUT2D eigenvalue weighted by Gasteiger charge is -2.12. The van der Waals surface area contributed by atoms with Crippen LogP contribution in [-0.4, -0.2) is 31.1 Å². The number of ketones is 1. The Hall–Kier alpha value is -2.47. The van der Waals surface area contributed by atoms with Crippen molar-refractivity contribution >= 4 is 27.2 Å². The number of amides is 1. The summed E-state index contributed by atoms with van der Waals surface area (Å²) in [6, 6.07) is 15.4. The van der Waals surface area contributed by atoms with Gasteiger partial charge in [-0.05, 0) is 31.0 Å². The molecular weight excluding hydrogens is 338 g/mol. The van der Waals surface area contributed by atoms with Crippen molar-refractivity contribution in [3.63, 3.8) is 0 Å². The Balaban J connectivity index is 2.03. The van der Waals surface area contributed by atoms with Crippen molar-refractivity contribution in [1.29, 1.82) is 0 Å². The molecule has 0 aliphatic rings. The fourth-order valence-electron chi connectivity index (χ4n) is 2.33. The molecule has 2 rings (SSSR count). The molecule has 0 fully saturated rings. The van der Waals surface area contributed by atoms with Crippen LogP contribution < -0.4 is 5.32 Å². The monoisotopic (exact) mass is 359 g/mol. The first-order chi connectivity index (χ1) is 11.8. The highest BCUT2D eigenvalue weighted by Gasteiger charge is 2.30. The summed E-state index contributed by atoms with van der Waals surface area (Å²) >= 11 is 0. The molecule has 1 unspecified atom stereocenters. The van der Waals surface area contributed by atoms with Gasteiger partial charge in [0.25, 0.3) is 0 Å². The molecule has 0 bridgehead atoms. The van der Waals surface area contributed by atoms with Crippen LogP contribution >= 0.6 is 0 Å². The average Bonchev–Trinajstić information content (AvgIpc) is 2.61. The smallest absolute Gasteiger partial charge is 0.239 e. The molecule has 5 nitrogen and oxygen atoms in total. The molecule has 0 spiro atoms. The molecule has 132 valence electrons. The van der Waals surface area contributed by atoms with Gasteiger partial charge in [-0.15, -0.1) is 0 Å². The largest absolute Gasteiger partial charge is 0.325 e. The summed E-state index contributed by atoms with van der Waals surface area (Å²) in [6.45, 7) is 3.33. The number of carbonyl (C=O) groups excluding carboxylic acids is 2. The van der Waals surface area contributed by atoms with Crippen molar-refractivity contribution in [2.24, 2.45) is 0 Å². The number of hydrogen-bond acceptors (Lipinski definition) is 4. The molecule has 0 aliphatic heterocycles. The zero-order chi connectivity index (χ0) is 18.4. The van der Waals surface area contributed by atoms with Gasteiger partial charge in [-0.1, -0.05) is 49.4 Å². The molecule has 6 heteroatoms. The summed E-state index contributed by atoms with van der Waals surface area (Å²) < 4.78 is 24.7. The molecule has 0 saturated heterocycles. The van der Waals surface area contributed by atoms with Gasteiger partial charge in [0.1, 0.15) is 11.0 Å². The minimum atomic E-state index is -3.90. The van der Waals surface area contributed by atoms with Crippen LogP contribution in [-0.2, 0) is 21.1 Å². The van der Waals surface area contributed by atoms with Crippen LogP contribution in [0.2, 0.25) is 0 Å². The van der Waals surface area contributed by atoms with Gasteiger partial charge < -0.3 is 5.32 Å². The minimum Gasteiger partial charge on any atom is -0.325 e. The summed E-state index contributed by atoms with van der Waals surface area (Å²) in [5.41, 5.74) is 1.96. The van der Waals surface area contributed by atoms with Crippen LogP contribution in [0.25, 0.3) is 0 Å². The zero-order valence-corrected chi connectivity index (χ0v) is 15.0. The van der Waals surface area contributed by atoms with Crippen LogP contribution in [0.4, 0.5) is 5.69 Å². The first-order valence-electron chi connectivity index (χ1n) is 8.03. The quantitative estimate of drug-likeness (QED) is 0.771. The molecule has 0 aliphatic carbocycles. The summed E-state index contributed by atoms with van der Waals surface area (Å²) in [5, 5.41) is 1.28. The Morgan fingerprint density at radius 2 is 1.60 bits per heavy atom. The molecule has 2 aromatic carbocycles. The summed E-state index contributed by atoms with van der Waals surface area (Å²) in [6.07, 6.45) is 0.877. The fourth-order valence-corrected chi connectivity index (χ4v) is 3.48. The second-order valence-electron chi connectivity index (χ2n) is 5.78. The standard InChI is InChI=1S/C19H21NO4S/c1-3-15-9-11-17(12-10-15)20-18(21)13-25(23,24)14(2)19(22)16-7-5-4-6-8-16/h4-12,14H,3,13H2,1-2H3,(H,20,21). The van der Waals surface area contributed by atoms with E-state index in [1.165, 1.54) is 6.92 Å². The Morgan fingerprint density at radius 3 is 2.16 bits per heavy atom. The molecule has 2 aromatic rings. The van der Waals surface area contributed by atoms with Gasteiger partial charge in [-0.3, -0.25) is 9.59 Å². The van der Waals surface area contributed by atoms with Gasteiger partial charge in [0, 0.05) is 11.3 Å². The van der Waals surface area contributed by atoms with E-state index in [0.29, 0.717) is 11.3 Å². The van der Waals surface area contributed by atoms with Crippen LogP contribution in [0.3, 0.4) is 0 Å². The van der Waals surface area contributed by atoms with E-state index in [1.54, 1.807) is 42.5 Å². The van der Waals surface area contributed by atoms with Crippen LogP contribution in [0.5, 0.6) is 0 Å². The second kappa shape index (κ2) is 8.07. The van der Waals surface area contributed by atoms with Crippen molar-refractivity contribution in [3.8, 4) is 0 Å². The maximum absolute atomic E-state index is 12.4. The predicted octanol–water partition coefficient (Wildman–Crippen LogP) is 2.87. The Kier molecular flexibility index (Phi) is 6.09. The van der Waals surface area contributed by atoms with Gasteiger partial charge in [0.15, 0.2) is 15.6 Å². The molecule has 0 radical (unpaired) electrons. The molecule has 0 saturated carbocycles. The highest BCUT2D eigenvalue weighted by Crippen LogP contribution is 2.13. The maximum Gasteiger partial charge on any atom is 0.239 e. The number of Topliss-reactive ketones (excluding diaryl/α,β-unsaturated/α-hetero) is 1. The summed E-state index contributed by atoms with van der Waals surface area (Å²) in [4.78, 5) is 24.3. The van der Waals surface area contributed by atoms with Gasteiger partial charge >= 0.3 is 0 Å². The number of hydrogen-bond donors (Lipinski definition) is 1. The Morgan fingerprint density at radius 1 is 1.00 bits per heavy atom. The highest BCUT2D eigenvalue weighted by molar-refractivity contribution is 7.93. The van der Waals surface area contributed by atoms with E-state index in [-0.39, 0.29) is 0 Å². The van der Waals surface area contributed by atoms with Crippen LogP contribution in [0.15, 0.2) is 54.6 Å². The number of nitrogens with one attached hydrogen (secondary N) is 1. The van der Waals surface area contributed by atoms with E-state index in [9.17, 15) is 18.0 Å². The van der Waals surface area contributed by atoms with Gasteiger partial charge in [-0.25, -0.2) is 8.42 Å². The van der Waals surface area contributed by atoms with E-state index in [1.807, 2.05) is 19.1 Å². The van der Waals surface area contributed by atoms with E-state index in [2.05, 4.69) is 5.32 Å². The Bertz CT molecular complexity index is 843. The zero-order valence-electron chi connectivity index (χ0n) is 14.2. The first kappa shape index (κ1) is 18.9. The number of aryl methyl sites for hydroxylation is 1. The lowest BCUT2D eigenvalue weighted by atomic mass is 10.1. The fraction of sp³-hybridized carbons (Fsp3) is 0.263. The lowest BCUT2D eigenvalue weighted by Crippen LogP contribution is -2.34. The summed E-state index contributed by atoms with van der Waals surface area (Å²) in [7, 11) is -3.90. The lowest BCUT2D eigenvalue weighted by molar-refractivity contribution is -0.113. The Labute approximate surface area is 148 Å². The van der Waals surface area contributed by atoms with E-state index < -0.39 is 32.5 Å². The first-order valence-corrected chi connectivity index (χ1v) is 9.74. The molecule has 1 atom stereocenters. The van der Waals surface area contributed by atoms with Crippen molar-refractivity contribution in [3.05, 3.63) is 65.7 Å². The third kappa shape index (κ3) is 5.00. The maximum atomic E-state index is 12.4. The third-order valence-corrected chi connectivity index (χ3v) is 5.90. The second-order valence-corrected chi connectivity index (χ2v) is 8.10. The molecule has 0 aromatic heterocycles. The number of carbonyl (C=O) groups is 2. The van der Waals surface area contributed by atoms with Gasteiger partial charge in [-0.2, -0.15) is 0 Å². The topological polar surface area (TPSA) is 80.3 Å². The average molecular weight is 359 g/mol. The molecule has 25 heavy (non-hydrogen) atoms. The molecule has 1 N–H and O–H groups in total. The number of anilines is 1. The highest BCUT2D eigenvalue weighted by atomic mass is 32.2. The van der Waals surface area contributed by atoms with E-state index >= 15 is 0 Å². The normalized spacial score (nSPS) is 12.4. The minimum absolute atomic E-state index is 0.314. The number of rotatable bonds is 7. The molecular formula is C19H21NO4S. The van der Waals surface area contributed by atoms with Crippen molar-refractivity contribution in [1.82, 2.24) is 0 Å². The van der Waals surface area contributed by atoms with E-state index in [0.717, 1.165) is 12.0 Å². The number of benzene rings is 2. The summed E-state index contributed by atoms with van der Waals surface area (Å²) in [5.74, 6) is -1.90. The molecule has 0 heterocycles. The van der Waals surface area contributed by atoms with Crippen molar-refractivity contribution in [2.45, 2.75) is 25.5 Å². The van der Waals surface area contributed by atoms with Crippen LogP contribution in [0, 0.1) is 0 Å². The van der Waals surface area contributed by atoms with Crippen molar-refractivity contribution < 1.29 is 18.0 Å². The van der Waals surface area contributed by atoms with Gasteiger partial charge in [0.05, 0.1) is 0 Å². The van der Waals surface area contributed by atoms with Crippen LogP contribution in [0.1, 0.15) is 29.8 Å². The van der Waals surface area contributed by atoms with E-state index in [4.69, 9.17) is 0 Å². The van der Waals surface area contributed by atoms with Gasteiger partial charge in [0.2, 0.25) is 5.91 Å². The molecule has 1 amide bonds. The van der Waals surface area contributed by atoms with Crippen molar-refractivity contribution in [2.75, 3.05) is 11.1 Å². The number of sulfone groups is 1.